The first-order valence-corrected chi connectivity index (χ1v) is 10.7. The molecule has 0 spiro atoms. The van der Waals surface area contributed by atoms with E-state index in [1.165, 1.54) is 11.8 Å². The number of rotatable bonds is 11. The largest absolute Gasteiger partial charge is 0.497 e. The molecule has 0 unspecified atom stereocenters. The van der Waals surface area contributed by atoms with Gasteiger partial charge in [-0.25, -0.2) is 0 Å². The molecule has 170 valence electrons. The minimum atomic E-state index is -0.127. The molecule has 0 atom stereocenters. The molecule has 32 heavy (non-hydrogen) atoms. The van der Waals surface area contributed by atoms with Gasteiger partial charge in [0.15, 0.2) is 11.5 Å². The summed E-state index contributed by atoms with van der Waals surface area (Å²) in [5.41, 5.74) is 1.70. The van der Waals surface area contributed by atoms with Gasteiger partial charge in [-0.3, -0.25) is 4.79 Å². The Kier molecular flexibility index (Phi) is 8.20. The Balaban J connectivity index is 1.49. The molecule has 0 aliphatic carbocycles. The quantitative estimate of drug-likeness (QED) is 0.433. The number of thioether (sulfide) groups is 1. The van der Waals surface area contributed by atoms with Gasteiger partial charge < -0.3 is 28.7 Å². The van der Waals surface area contributed by atoms with E-state index >= 15 is 0 Å². The minimum absolute atomic E-state index is 0.127. The van der Waals surface area contributed by atoms with Gasteiger partial charge in [-0.2, -0.15) is 0 Å². The topological polar surface area (TPSA) is 105 Å². The molecule has 3 rings (SSSR count). The fraction of sp³-hybridized carbons (Fsp3) is 0.318. The van der Waals surface area contributed by atoms with Crippen LogP contribution in [0.3, 0.4) is 0 Å². The summed E-state index contributed by atoms with van der Waals surface area (Å²) in [5.74, 6) is 2.91. The number of amides is 1. The lowest BCUT2D eigenvalue weighted by molar-refractivity contribution is -0.118. The van der Waals surface area contributed by atoms with E-state index in [9.17, 15) is 4.79 Å². The average molecular weight is 460 g/mol. The molecule has 3 aromatic rings. The molecule has 0 saturated heterocycles. The van der Waals surface area contributed by atoms with Crippen LogP contribution in [0.5, 0.6) is 23.0 Å². The van der Waals surface area contributed by atoms with Crippen molar-refractivity contribution in [3.8, 4) is 34.5 Å². The molecule has 1 heterocycles. The third-order valence-corrected chi connectivity index (χ3v) is 5.33. The lowest BCUT2D eigenvalue weighted by Gasteiger charge is -2.10. The van der Waals surface area contributed by atoms with Crippen LogP contribution >= 0.6 is 11.8 Å². The second kappa shape index (κ2) is 11.3. The molecule has 2 aromatic carbocycles. The molecule has 1 amide bonds. The number of hydrogen-bond donors (Lipinski definition) is 1. The molecule has 0 fully saturated rings. The molecule has 0 bridgehead atoms. The number of benzene rings is 2. The predicted molar refractivity (Wildman–Crippen MR) is 120 cm³/mol. The number of carbonyl (C=O) groups excluding carboxylic acids is 1. The standard InChI is InChI=1S/C22H25N3O6S/c1-27-16-10-15(11-17(12-16)28-2)21-24-25-22(31-21)32-13-20(26)23-8-7-14-5-6-18(29-3)19(9-14)30-4/h5-6,9-12H,7-8,13H2,1-4H3,(H,23,26). The maximum absolute atomic E-state index is 12.2. The van der Waals surface area contributed by atoms with Crippen molar-refractivity contribution in [3.05, 3.63) is 42.0 Å². The van der Waals surface area contributed by atoms with E-state index in [1.807, 2.05) is 18.2 Å². The molecule has 0 aliphatic rings. The number of nitrogens with zero attached hydrogens (tertiary/aromatic N) is 2. The van der Waals surface area contributed by atoms with Crippen LogP contribution in [0.2, 0.25) is 0 Å². The third kappa shape index (κ3) is 6.07. The zero-order valence-corrected chi connectivity index (χ0v) is 19.2. The number of ether oxygens (including phenoxy) is 4. The SMILES string of the molecule is COc1cc(OC)cc(-c2nnc(SCC(=O)NCCc3ccc(OC)c(OC)c3)o2)c1. The Bertz CT molecular complexity index is 1030. The fourth-order valence-corrected chi connectivity index (χ4v) is 3.47. The molecule has 1 aromatic heterocycles. The zero-order chi connectivity index (χ0) is 22.9. The van der Waals surface area contributed by atoms with Crippen molar-refractivity contribution < 1.29 is 28.2 Å². The Morgan fingerprint density at radius 3 is 2.31 bits per heavy atom. The number of carbonyl (C=O) groups is 1. The lowest BCUT2D eigenvalue weighted by Crippen LogP contribution is -2.27. The van der Waals surface area contributed by atoms with E-state index in [1.54, 1.807) is 46.6 Å². The van der Waals surface area contributed by atoms with Crippen LogP contribution in [-0.2, 0) is 11.2 Å². The lowest BCUT2D eigenvalue weighted by atomic mass is 10.1. The Morgan fingerprint density at radius 2 is 1.66 bits per heavy atom. The molecular weight excluding hydrogens is 434 g/mol. The summed E-state index contributed by atoms with van der Waals surface area (Å²) in [6.07, 6.45) is 0.666. The van der Waals surface area contributed by atoms with E-state index in [0.717, 1.165) is 5.56 Å². The number of nitrogens with one attached hydrogen (secondary N) is 1. The highest BCUT2D eigenvalue weighted by Crippen LogP contribution is 2.30. The smallest absolute Gasteiger partial charge is 0.277 e. The van der Waals surface area contributed by atoms with Gasteiger partial charge in [0.25, 0.3) is 5.22 Å². The van der Waals surface area contributed by atoms with Crippen molar-refractivity contribution >= 4 is 17.7 Å². The molecule has 0 saturated carbocycles. The van der Waals surface area contributed by atoms with Gasteiger partial charge in [0.05, 0.1) is 34.2 Å². The van der Waals surface area contributed by atoms with Crippen LogP contribution in [0.15, 0.2) is 46.0 Å². The Labute approximate surface area is 190 Å². The van der Waals surface area contributed by atoms with Gasteiger partial charge in [-0.1, -0.05) is 17.8 Å². The second-order valence-corrected chi connectivity index (χ2v) is 7.48. The monoisotopic (exact) mass is 459 g/mol. The molecule has 10 heteroatoms. The number of methoxy groups -OCH3 is 4. The summed E-state index contributed by atoms with van der Waals surface area (Å²) < 4.78 is 26.7. The van der Waals surface area contributed by atoms with Gasteiger partial charge in [0, 0.05) is 18.2 Å². The van der Waals surface area contributed by atoms with E-state index < -0.39 is 0 Å². The molecular formula is C22H25N3O6S. The average Bonchev–Trinajstić information content (AvgIpc) is 3.31. The summed E-state index contributed by atoms with van der Waals surface area (Å²) in [6.45, 7) is 0.494. The normalized spacial score (nSPS) is 10.5. The first-order chi connectivity index (χ1) is 15.6. The van der Waals surface area contributed by atoms with Crippen molar-refractivity contribution in [3.63, 3.8) is 0 Å². The van der Waals surface area contributed by atoms with Crippen molar-refractivity contribution in [1.82, 2.24) is 15.5 Å². The van der Waals surface area contributed by atoms with Crippen LogP contribution in [0, 0.1) is 0 Å². The molecule has 0 aliphatic heterocycles. The summed E-state index contributed by atoms with van der Waals surface area (Å²) in [6, 6.07) is 11.0. The highest BCUT2D eigenvalue weighted by atomic mass is 32.2. The summed E-state index contributed by atoms with van der Waals surface area (Å²) >= 11 is 1.17. The Hall–Kier alpha value is -3.40. The van der Waals surface area contributed by atoms with Gasteiger partial charge in [-0.15, -0.1) is 10.2 Å². The second-order valence-electron chi connectivity index (χ2n) is 6.55. The van der Waals surface area contributed by atoms with E-state index in [0.29, 0.717) is 52.6 Å². The molecule has 9 nitrogen and oxygen atoms in total. The maximum atomic E-state index is 12.2. The van der Waals surface area contributed by atoms with Crippen LogP contribution in [0.4, 0.5) is 0 Å². The maximum Gasteiger partial charge on any atom is 0.277 e. The first kappa shape index (κ1) is 23.3. The van der Waals surface area contributed by atoms with E-state index in [-0.39, 0.29) is 11.7 Å². The van der Waals surface area contributed by atoms with Crippen molar-refractivity contribution in [2.45, 2.75) is 11.6 Å². The van der Waals surface area contributed by atoms with Crippen LogP contribution in [0.25, 0.3) is 11.5 Å². The van der Waals surface area contributed by atoms with Crippen LogP contribution < -0.4 is 24.3 Å². The minimum Gasteiger partial charge on any atom is -0.497 e. The number of aromatic nitrogens is 2. The van der Waals surface area contributed by atoms with Gasteiger partial charge in [0.1, 0.15) is 11.5 Å². The van der Waals surface area contributed by atoms with Crippen molar-refractivity contribution in [2.75, 3.05) is 40.7 Å². The van der Waals surface area contributed by atoms with E-state index in [4.69, 9.17) is 23.4 Å². The van der Waals surface area contributed by atoms with Crippen molar-refractivity contribution in [2.24, 2.45) is 0 Å². The van der Waals surface area contributed by atoms with Crippen LogP contribution in [0.1, 0.15) is 5.56 Å². The van der Waals surface area contributed by atoms with Crippen molar-refractivity contribution in [1.29, 1.82) is 0 Å². The molecule has 0 radical (unpaired) electrons. The predicted octanol–water partition coefficient (Wildman–Crippen LogP) is 3.22. The summed E-state index contributed by atoms with van der Waals surface area (Å²) in [7, 11) is 6.32. The van der Waals surface area contributed by atoms with E-state index in [2.05, 4.69) is 15.5 Å². The zero-order valence-electron chi connectivity index (χ0n) is 18.3. The highest BCUT2D eigenvalue weighted by molar-refractivity contribution is 7.99. The molecule has 1 N–H and O–H groups in total. The third-order valence-electron chi connectivity index (χ3n) is 4.52. The van der Waals surface area contributed by atoms with Gasteiger partial charge in [-0.05, 0) is 36.2 Å². The number of hydrogen-bond acceptors (Lipinski definition) is 9. The highest BCUT2D eigenvalue weighted by Gasteiger charge is 2.13. The summed E-state index contributed by atoms with van der Waals surface area (Å²) in [4.78, 5) is 12.2. The summed E-state index contributed by atoms with van der Waals surface area (Å²) in [5, 5.41) is 11.2. The fourth-order valence-electron chi connectivity index (χ4n) is 2.88. The Morgan fingerprint density at radius 1 is 0.938 bits per heavy atom. The van der Waals surface area contributed by atoms with Crippen LogP contribution in [-0.4, -0.2) is 56.8 Å². The van der Waals surface area contributed by atoms with Gasteiger partial charge in [0.2, 0.25) is 11.8 Å². The first-order valence-electron chi connectivity index (χ1n) is 9.73. The van der Waals surface area contributed by atoms with Gasteiger partial charge >= 0.3 is 0 Å².